The number of H-pyrrole nitrogens is 1. The van der Waals surface area contributed by atoms with Crippen molar-refractivity contribution in [3.05, 3.63) is 28.2 Å². The van der Waals surface area contributed by atoms with Gasteiger partial charge in [-0.15, -0.1) is 16.4 Å². The highest BCUT2D eigenvalue weighted by atomic mass is 32.2. The molecular formula is C15H20N4OS2. The number of amides is 1. The Labute approximate surface area is 138 Å². The summed E-state index contributed by atoms with van der Waals surface area (Å²) in [6.45, 7) is 1.91. The molecule has 0 aromatic carbocycles. The maximum Gasteiger partial charge on any atom is 0.233 e. The number of carbonyl (C=O) groups is 1. The molecule has 3 rings (SSSR count). The topological polar surface area (TPSA) is 70.7 Å². The molecule has 1 atom stereocenters. The van der Waals surface area contributed by atoms with Gasteiger partial charge in [0.25, 0.3) is 0 Å². The van der Waals surface area contributed by atoms with Crippen LogP contribution in [0.15, 0.2) is 22.7 Å². The molecule has 5 nitrogen and oxygen atoms in total. The summed E-state index contributed by atoms with van der Waals surface area (Å²) in [6, 6.07) is 4.47. The van der Waals surface area contributed by atoms with Crippen LogP contribution in [0.3, 0.4) is 0 Å². The van der Waals surface area contributed by atoms with Gasteiger partial charge in [-0.25, -0.2) is 4.98 Å². The molecule has 0 spiro atoms. The number of thioether (sulfide) groups is 1. The maximum absolute atomic E-state index is 12.2. The molecule has 0 unspecified atom stereocenters. The number of nitrogens with one attached hydrogen (secondary N) is 2. The molecule has 1 aliphatic rings. The summed E-state index contributed by atoms with van der Waals surface area (Å²) in [6.07, 6.45) is 5.41. The first kappa shape index (κ1) is 15.6. The van der Waals surface area contributed by atoms with E-state index in [0.29, 0.717) is 11.2 Å². The zero-order chi connectivity index (χ0) is 15.4. The van der Waals surface area contributed by atoms with E-state index in [1.807, 2.05) is 13.0 Å². The molecule has 1 aliphatic carbocycles. The Balaban J connectivity index is 1.51. The fraction of sp³-hybridized carbons (Fsp3) is 0.533. The van der Waals surface area contributed by atoms with Crippen molar-refractivity contribution in [3.8, 4) is 0 Å². The van der Waals surface area contributed by atoms with Gasteiger partial charge in [0.15, 0.2) is 0 Å². The summed E-state index contributed by atoms with van der Waals surface area (Å²) in [5.41, 5.74) is 0. The fourth-order valence-electron chi connectivity index (χ4n) is 2.59. The predicted molar refractivity (Wildman–Crippen MR) is 89.2 cm³/mol. The lowest BCUT2D eigenvalue weighted by Gasteiger charge is -2.15. The maximum atomic E-state index is 12.2. The molecule has 7 heteroatoms. The number of aromatic nitrogens is 3. The van der Waals surface area contributed by atoms with E-state index in [1.165, 1.54) is 29.5 Å². The van der Waals surface area contributed by atoms with Crippen molar-refractivity contribution in [1.82, 2.24) is 20.5 Å². The van der Waals surface area contributed by atoms with E-state index in [-0.39, 0.29) is 11.2 Å². The number of aromatic amines is 1. The zero-order valence-corrected chi connectivity index (χ0v) is 14.2. The average Bonchev–Trinajstić information content (AvgIpc) is 3.22. The average molecular weight is 336 g/mol. The summed E-state index contributed by atoms with van der Waals surface area (Å²) in [7, 11) is 0. The van der Waals surface area contributed by atoms with Gasteiger partial charge in [0.05, 0.1) is 5.25 Å². The number of thiophene rings is 1. The Morgan fingerprint density at radius 3 is 3.09 bits per heavy atom. The van der Waals surface area contributed by atoms with Crippen molar-refractivity contribution in [1.29, 1.82) is 0 Å². The SMILES string of the molecule is C[C@H](Sc1n[nH]c(Cc2cccs2)n1)C(=O)NC1CCCC1. The molecule has 2 N–H and O–H groups in total. The first-order valence-electron chi connectivity index (χ1n) is 7.61. The number of carbonyl (C=O) groups excluding carboxylic acids is 1. The van der Waals surface area contributed by atoms with E-state index in [4.69, 9.17) is 0 Å². The van der Waals surface area contributed by atoms with Gasteiger partial charge < -0.3 is 5.32 Å². The normalized spacial score (nSPS) is 16.8. The summed E-state index contributed by atoms with van der Waals surface area (Å²) < 4.78 is 0. The van der Waals surface area contributed by atoms with Crippen molar-refractivity contribution < 1.29 is 4.79 Å². The number of rotatable bonds is 6. The van der Waals surface area contributed by atoms with E-state index in [9.17, 15) is 4.79 Å². The quantitative estimate of drug-likeness (QED) is 0.796. The molecule has 1 amide bonds. The lowest BCUT2D eigenvalue weighted by molar-refractivity contribution is -0.120. The van der Waals surface area contributed by atoms with Gasteiger partial charge in [-0.3, -0.25) is 9.89 Å². The van der Waals surface area contributed by atoms with Gasteiger partial charge in [-0.1, -0.05) is 30.7 Å². The molecule has 0 bridgehead atoms. The predicted octanol–water partition coefficient (Wildman–Crippen LogP) is 3.00. The van der Waals surface area contributed by atoms with Gasteiger partial charge >= 0.3 is 0 Å². The number of nitrogens with zero attached hydrogens (tertiary/aromatic N) is 2. The third-order valence-corrected chi connectivity index (χ3v) is 5.62. The van der Waals surface area contributed by atoms with Crippen LogP contribution in [0, 0.1) is 0 Å². The van der Waals surface area contributed by atoms with Gasteiger partial charge in [0.1, 0.15) is 5.82 Å². The Kier molecular flexibility index (Phi) is 5.15. The molecular weight excluding hydrogens is 316 g/mol. The Morgan fingerprint density at radius 2 is 2.36 bits per heavy atom. The lowest BCUT2D eigenvalue weighted by Crippen LogP contribution is -2.37. The molecule has 1 saturated carbocycles. The van der Waals surface area contributed by atoms with Gasteiger partial charge in [-0.2, -0.15) is 0 Å². The molecule has 2 aromatic rings. The van der Waals surface area contributed by atoms with Crippen LogP contribution in [0.1, 0.15) is 43.3 Å². The Hall–Kier alpha value is -1.34. The molecule has 2 heterocycles. The second kappa shape index (κ2) is 7.28. The first-order valence-corrected chi connectivity index (χ1v) is 9.37. The number of hydrogen-bond acceptors (Lipinski definition) is 5. The molecule has 0 saturated heterocycles. The Morgan fingerprint density at radius 1 is 1.55 bits per heavy atom. The van der Waals surface area contributed by atoms with Crippen molar-refractivity contribution in [2.75, 3.05) is 0 Å². The third-order valence-electron chi connectivity index (χ3n) is 3.79. The summed E-state index contributed by atoms with van der Waals surface area (Å²) in [5.74, 6) is 0.926. The van der Waals surface area contributed by atoms with Crippen LogP contribution in [-0.4, -0.2) is 32.4 Å². The molecule has 2 aromatic heterocycles. The highest BCUT2D eigenvalue weighted by molar-refractivity contribution is 8.00. The highest BCUT2D eigenvalue weighted by Crippen LogP contribution is 2.22. The second-order valence-corrected chi connectivity index (χ2v) is 7.91. The van der Waals surface area contributed by atoms with Crippen LogP contribution in [0.2, 0.25) is 0 Å². The third kappa shape index (κ3) is 4.10. The monoisotopic (exact) mass is 336 g/mol. The smallest absolute Gasteiger partial charge is 0.233 e. The standard InChI is InChI=1S/C15H20N4OS2/c1-10(14(20)16-11-5-2-3-6-11)22-15-17-13(18-19-15)9-12-7-4-8-21-12/h4,7-8,10-11H,2-3,5-6,9H2,1H3,(H,16,20)(H,17,18,19)/t10-/m0/s1. The Bertz CT molecular complexity index is 605. The first-order chi connectivity index (χ1) is 10.7. The lowest BCUT2D eigenvalue weighted by atomic mass is 10.2. The van der Waals surface area contributed by atoms with Gasteiger partial charge in [0, 0.05) is 17.3 Å². The highest BCUT2D eigenvalue weighted by Gasteiger charge is 2.22. The van der Waals surface area contributed by atoms with E-state index >= 15 is 0 Å². The van der Waals surface area contributed by atoms with Crippen molar-refractivity contribution in [2.24, 2.45) is 0 Å². The van der Waals surface area contributed by atoms with Gasteiger partial charge in [-0.05, 0) is 31.2 Å². The molecule has 118 valence electrons. The van der Waals surface area contributed by atoms with Crippen LogP contribution in [0.5, 0.6) is 0 Å². The van der Waals surface area contributed by atoms with Crippen LogP contribution < -0.4 is 5.32 Å². The van der Waals surface area contributed by atoms with Crippen molar-refractivity contribution >= 4 is 29.0 Å². The van der Waals surface area contributed by atoms with Crippen LogP contribution in [-0.2, 0) is 11.2 Å². The van der Waals surface area contributed by atoms with Crippen molar-refractivity contribution in [2.45, 2.75) is 55.5 Å². The summed E-state index contributed by atoms with van der Waals surface area (Å²) in [5, 5.41) is 12.8. The summed E-state index contributed by atoms with van der Waals surface area (Å²) >= 11 is 3.11. The van der Waals surface area contributed by atoms with Crippen LogP contribution in [0.4, 0.5) is 0 Å². The largest absolute Gasteiger partial charge is 0.352 e. The van der Waals surface area contributed by atoms with E-state index < -0.39 is 0 Å². The second-order valence-electron chi connectivity index (χ2n) is 5.57. The van der Waals surface area contributed by atoms with Crippen LogP contribution >= 0.6 is 23.1 Å². The minimum atomic E-state index is -0.175. The van der Waals surface area contributed by atoms with Crippen LogP contribution in [0.25, 0.3) is 0 Å². The molecule has 0 aliphatic heterocycles. The molecule has 22 heavy (non-hydrogen) atoms. The molecule has 0 radical (unpaired) electrons. The van der Waals surface area contributed by atoms with E-state index in [2.05, 4.69) is 31.9 Å². The van der Waals surface area contributed by atoms with E-state index in [1.54, 1.807) is 11.3 Å². The van der Waals surface area contributed by atoms with E-state index in [0.717, 1.165) is 25.1 Å². The molecule has 1 fully saturated rings. The number of hydrogen-bond donors (Lipinski definition) is 2. The zero-order valence-electron chi connectivity index (χ0n) is 12.5. The van der Waals surface area contributed by atoms with Crippen molar-refractivity contribution in [3.63, 3.8) is 0 Å². The van der Waals surface area contributed by atoms with Gasteiger partial charge in [0.2, 0.25) is 11.1 Å². The minimum absolute atomic E-state index is 0.0847. The minimum Gasteiger partial charge on any atom is -0.352 e. The summed E-state index contributed by atoms with van der Waals surface area (Å²) in [4.78, 5) is 17.9. The fourth-order valence-corrected chi connectivity index (χ4v) is 4.05.